The van der Waals surface area contributed by atoms with Gasteiger partial charge in [0.15, 0.2) is 0 Å². The highest BCUT2D eigenvalue weighted by atomic mass is 16.5. The summed E-state index contributed by atoms with van der Waals surface area (Å²) in [7, 11) is 0. The molecule has 126 valence electrons. The number of nitrogens with one attached hydrogen (secondary N) is 1. The van der Waals surface area contributed by atoms with Crippen molar-refractivity contribution in [3.05, 3.63) is 36.3 Å². The fraction of sp³-hybridized carbons (Fsp3) is 0.412. The summed E-state index contributed by atoms with van der Waals surface area (Å²) in [6.45, 7) is 2.35. The second kappa shape index (κ2) is 7.72. The van der Waals surface area contributed by atoms with Crippen LogP contribution in [-0.4, -0.2) is 33.6 Å². The van der Waals surface area contributed by atoms with Gasteiger partial charge in [0.1, 0.15) is 6.10 Å². The lowest BCUT2D eigenvalue weighted by Crippen LogP contribution is -2.14. The molecule has 1 aliphatic carbocycles. The van der Waals surface area contributed by atoms with Crippen molar-refractivity contribution in [3.8, 4) is 11.9 Å². The van der Waals surface area contributed by atoms with Gasteiger partial charge in [0, 0.05) is 12.3 Å². The molecule has 0 spiro atoms. The summed E-state index contributed by atoms with van der Waals surface area (Å²) in [6.07, 6.45) is 9.31. The molecule has 2 heterocycles. The first kappa shape index (κ1) is 16.2. The average Bonchev–Trinajstić information content (AvgIpc) is 3.10. The molecule has 0 radical (unpaired) electrons. The Morgan fingerprint density at radius 1 is 1.17 bits per heavy atom. The molecule has 1 N–H and O–H groups in total. The van der Waals surface area contributed by atoms with Crippen molar-refractivity contribution in [1.29, 1.82) is 0 Å². The number of aromatic nitrogens is 3. The Labute approximate surface area is 140 Å². The number of carbonyl (C=O) groups is 1. The van der Waals surface area contributed by atoms with Gasteiger partial charge in [-0.2, -0.15) is 0 Å². The van der Waals surface area contributed by atoms with E-state index in [0.717, 1.165) is 12.8 Å². The molecular weight excluding hydrogens is 308 g/mol. The number of amides is 1. The summed E-state index contributed by atoms with van der Waals surface area (Å²) in [5, 5.41) is 2.72. The van der Waals surface area contributed by atoms with Crippen molar-refractivity contribution >= 4 is 11.6 Å². The summed E-state index contributed by atoms with van der Waals surface area (Å²) in [4.78, 5) is 24.4. The van der Waals surface area contributed by atoms with Crippen molar-refractivity contribution in [1.82, 2.24) is 15.0 Å². The van der Waals surface area contributed by atoms with E-state index in [0.29, 0.717) is 23.7 Å². The summed E-state index contributed by atoms with van der Waals surface area (Å²) >= 11 is 0. The van der Waals surface area contributed by atoms with Gasteiger partial charge in [-0.05, 0) is 38.7 Å². The highest BCUT2D eigenvalue weighted by Crippen LogP contribution is 2.23. The van der Waals surface area contributed by atoms with E-state index in [1.54, 1.807) is 12.1 Å². The number of hydrogen-bond donors (Lipinski definition) is 1. The van der Waals surface area contributed by atoms with Crippen LogP contribution < -0.4 is 14.8 Å². The predicted octanol–water partition coefficient (Wildman–Crippen LogP) is 2.84. The van der Waals surface area contributed by atoms with E-state index in [1.165, 1.54) is 31.4 Å². The molecule has 1 saturated carbocycles. The van der Waals surface area contributed by atoms with E-state index in [-0.39, 0.29) is 18.0 Å². The molecule has 1 amide bonds. The zero-order chi connectivity index (χ0) is 16.8. The largest absolute Gasteiger partial charge is 0.474 e. The van der Waals surface area contributed by atoms with E-state index >= 15 is 0 Å². The molecule has 0 bridgehead atoms. The minimum absolute atomic E-state index is 0.248. The minimum Gasteiger partial charge on any atom is -0.474 e. The maximum Gasteiger partial charge on any atom is 0.316 e. The van der Waals surface area contributed by atoms with Crippen molar-refractivity contribution in [3.63, 3.8) is 0 Å². The predicted molar refractivity (Wildman–Crippen MR) is 88.3 cm³/mol. The first-order chi connectivity index (χ1) is 11.7. The average molecular weight is 328 g/mol. The van der Waals surface area contributed by atoms with Gasteiger partial charge in [-0.25, -0.2) is 15.0 Å². The number of hydrogen-bond acceptors (Lipinski definition) is 6. The van der Waals surface area contributed by atoms with E-state index in [1.807, 2.05) is 6.92 Å². The standard InChI is InChI=1S/C17H20N4O3/c1-2-23-17-19-10-13(11-20-17)21-16(22)12-7-8-15(18-9-12)24-14-5-3-4-6-14/h7-11,14H,2-6H2,1H3,(H,21,22). The van der Waals surface area contributed by atoms with Gasteiger partial charge in [0.2, 0.25) is 5.88 Å². The first-order valence-electron chi connectivity index (χ1n) is 8.13. The van der Waals surface area contributed by atoms with E-state index in [4.69, 9.17) is 9.47 Å². The number of anilines is 1. The molecule has 0 atom stereocenters. The van der Waals surface area contributed by atoms with Crippen molar-refractivity contribution in [2.75, 3.05) is 11.9 Å². The number of ether oxygens (including phenoxy) is 2. The Hall–Kier alpha value is -2.70. The SMILES string of the molecule is CCOc1ncc(NC(=O)c2ccc(OC3CCCC3)nc2)cn1. The molecule has 2 aromatic rings. The maximum atomic E-state index is 12.2. The normalized spacial score (nSPS) is 14.4. The first-order valence-corrected chi connectivity index (χ1v) is 8.13. The molecular formula is C17H20N4O3. The van der Waals surface area contributed by atoms with E-state index in [2.05, 4.69) is 20.3 Å². The van der Waals surface area contributed by atoms with Crippen LogP contribution in [0.15, 0.2) is 30.7 Å². The molecule has 0 aromatic carbocycles. The Morgan fingerprint density at radius 3 is 2.54 bits per heavy atom. The summed E-state index contributed by atoms with van der Waals surface area (Å²) in [5.74, 6) is 0.283. The quantitative estimate of drug-likeness (QED) is 0.877. The Balaban J connectivity index is 1.57. The third-order valence-electron chi connectivity index (χ3n) is 3.75. The molecule has 7 heteroatoms. The lowest BCUT2D eigenvalue weighted by Gasteiger charge is -2.12. The molecule has 0 aliphatic heterocycles. The smallest absolute Gasteiger partial charge is 0.316 e. The van der Waals surface area contributed by atoms with E-state index < -0.39 is 0 Å². The Bertz CT molecular complexity index is 667. The third-order valence-corrected chi connectivity index (χ3v) is 3.75. The van der Waals surface area contributed by atoms with Gasteiger partial charge in [-0.3, -0.25) is 4.79 Å². The van der Waals surface area contributed by atoms with Crippen LogP contribution in [0.3, 0.4) is 0 Å². The molecule has 1 fully saturated rings. The fourth-order valence-corrected chi connectivity index (χ4v) is 2.55. The molecule has 0 unspecified atom stereocenters. The number of pyridine rings is 1. The van der Waals surface area contributed by atoms with Gasteiger partial charge >= 0.3 is 6.01 Å². The van der Waals surface area contributed by atoms with Gasteiger partial charge in [0.25, 0.3) is 5.91 Å². The van der Waals surface area contributed by atoms with Crippen LogP contribution in [0.2, 0.25) is 0 Å². The molecule has 1 aliphatic rings. The van der Waals surface area contributed by atoms with Gasteiger partial charge in [-0.1, -0.05) is 0 Å². The molecule has 7 nitrogen and oxygen atoms in total. The Kier molecular flexibility index (Phi) is 5.20. The summed E-state index contributed by atoms with van der Waals surface area (Å²) in [5.41, 5.74) is 0.942. The molecule has 3 rings (SSSR count). The van der Waals surface area contributed by atoms with Gasteiger partial charge in [-0.15, -0.1) is 0 Å². The fourth-order valence-electron chi connectivity index (χ4n) is 2.55. The zero-order valence-corrected chi connectivity index (χ0v) is 13.6. The van der Waals surface area contributed by atoms with Crippen LogP contribution in [0.1, 0.15) is 43.0 Å². The summed E-state index contributed by atoms with van der Waals surface area (Å²) in [6, 6.07) is 3.70. The van der Waals surface area contributed by atoms with Crippen LogP contribution in [0.5, 0.6) is 11.9 Å². The Morgan fingerprint density at radius 2 is 1.92 bits per heavy atom. The second-order valence-electron chi connectivity index (χ2n) is 5.55. The highest BCUT2D eigenvalue weighted by Gasteiger charge is 2.17. The number of carbonyl (C=O) groups excluding carboxylic acids is 1. The van der Waals surface area contributed by atoms with Crippen molar-refractivity contribution < 1.29 is 14.3 Å². The lowest BCUT2D eigenvalue weighted by atomic mass is 10.2. The van der Waals surface area contributed by atoms with Gasteiger partial charge in [0.05, 0.1) is 30.3 Å². The van der Waals surface area contributed by atoms with E-state index in [9.17, 15) is 4.79 Å². The minimum atomic E-state index is -0.275. The molecule has 2 aromatic heterocycles. The van der Waals surface area contributed by atoms with Gasteiger partial charge < -0.3 is 14.8 Å². The summed E-state index contributed by atoms with van der Waals surface area (Å²) < 4.78 is 10.9. The van der Waals surface area contributed by atoms with Crippen LogP contribution in [-0.2, 0) is 0 Å². The van der Waals surface area contributed by atoms with Crippen LogP contribution in [0, 0.1) is 0 Å². The van der Waals surface area contributed by atoms with Crippen LogP contribution >= 0.6 is 0 Å². The second-order valence-corrected chi connectivity index (χ2v) is 5.55. The van der Waals surface area contributed by atoms with Crippen LogP contribution in [0.25, 0.3) is 0 Å². The number of nitrogens with zero attached hydrogens (tertiary/aromatic N) is 3. The topological polar surface area (TPSA) is 86.2 Å². The number of rotatable bonds is 6. The lowest BCUT2D eigenvalue weighted by molar-refractivity contribution is 0.102. The molecule has 0 saturated heterocycles. The monoisotopic (exact) mass is 328 g/mol. The van der Waals surface area contributed by atoms with Crippen molar-refractivity contribution in [2.24, 2.45) is 0 Å². The highest BCUT2D eigenvalue weighted by molar-refractivity contribution is 6.03. The third kappa shape index (κ3) is 4.18. The molecule has 24 heavy (non-hydrogen) atoms. The zero-order valence-electron chi connectivity index (χ0n) is 13.6. The maximum absolute atomic E-state index is 12.2. The van der Waals surface area contributed by atoms with Crippen LogP contribution in [0.4, 0.5) is 5.69 Å². The van der Waals surface area contributed by atoms with Crippen molar-refractivity contribution in [2.45, 2.75) is 38.7 Å².